The van der Waals surface area contributed by atoms with Gasteiger partial charge in [0, 0.05) is 28.7 Å². The van der Waals surface area contributed by atoms with Crippen molar-refractivity contribution in [2.75, 3.05) is 12.4 Å². The first kappa shape index (κ1) is 18.2. The molecule has 0 bridgehead atoms. The number of esters is 1. The van der Waals surface area contributed by atoms with Crippen molar-refractivity contribution in [1.29, 1.82) is 0 Å². The van der Waals surface area contributed by atoms with Gasteiger partial charge in [-0.15, -0.1) is 0 Å². The number of nitrogens with one attached hydrogen (secondary N) is 2. The average Bonchev–Trinajstić information content (AvgIpc) is 2.67. The molecule has 0 aliphatic rings. The van der Waals surface area contributed by atoms with Crippen LogP contribution in [-0.2, 0) is 9.53 Å². The Morgan fingerprint density at radius 3 is 2.63 bits per heavy atom. The Hall–Kier alpha value is -3.61. The summed E-state index contributed by atoms with van der Waals surface area (Å²) >= 11 is 0. The number of benzene rings is 2. The number of carbonyl (C=O) groups excluding carboxylic acids is 2. The van der Waals surface area contributed by atoms with Gasteiger partial charge in [-0.1, -0.05) is 24.3 Å². The molecule has 0 aliphatic carbocycles. The summed E-state index contributed by atoms with van der Waals surface area (Å²) in [6.45, 7) is 1.46. The van der Waals surface area contributed by atoms with Crippen LogP contribution in [0.1, 0.15) is 17.3 Å². The van der Waals surface area contributed by atoms with Gasteiger partial charge in [0.1, 0.15) is 5.75 Å². The quantitative estimate of drug-likeness (QED) is 0.677. The monoisotopic (exact) mass is 366 g/mol. The molecule has 27 heavy (non-hydrogen) atoms. The van der Waals surface area contributed by atoms with Crippen molar-refractivity contribution in [1.82, 2.24) is 4.98 Å². The van der Waals surface area contributed by atoms with Gasteiger partial charge < -0.3 is 19.8 Å². The molecule has 0 spiro atoms. The van der Waals surface area contributed by atoms with Gasteiger partial charge in [0.15, 0.2) is 6.10 Å². The van der Waals surface area contributed by atoms with E-state index in [0.29, 0.717) is 22.3 Å². The van der Waals surface area contributed by atoms with Gasteiger partial charge in [-0.05, 0) is 25.1 Å². The maximum absolute atomic E-state index is 12.5. The third-order valence-electron chi connectivity index (χ3n) is 3.96. The number of anilines is 1. The fourth-order valence-corrected chi connectivity index (χ4v) is 2.60. The van der Waals surface area contributed by atoms with Crippen LogP contribution in [0.5, 0.6) is 5.75 Å². The van der Waals surface area contributed by atoms with Crippen molar-refractivity contribution in [3.05, 3.63) is 70.5 Å². The molecule has 3 rings (SSSR count). The van der Waals surface area contributed by atoms with E-state index in [1.54, 1.807) is 48.5 Å². The highest BCUT2D eigenvalue weighted by atomic mass is 16.5. The van der Waals surface area contributed by atoms with Gasteiger partial charge >= 0.3 is 5.97 Å². The minimum absolute atomic E-state index is 0.107. The van der Waals surface area contributed by atoms with Crippen molar-refractivity contribution in [3.63, 3.8) is 0 Å². The first-order valence-electron chi connectivity index (χ1n) is 8.26. The summed E-state index contributed by atoms with van der Waals surface area (Å²) in [4.78, 5) is 39.2. The van der Waals surface area contributed by atoms with Crippen LogP contribution in [0.3, 0.4) is 0 Å². The zero-order valence-electron chi connectivity index (χ0n) is 14.8. The lowest BCUT2D eigenvalue weighted by atomic mass is 10.1. The Kier molecular flexibility index (Phi) is 5.21. The molecule has 0 unspecified atom stereocenters. The summed E-state index contributed by atoms with van der Waals surface area (Å²) in [5, 5.41) is 3.20. The number of aromatic amines is 1. The number of aromatic nitrogens is 1. The Balaban J connectivity index is 1.75. The minimum atomic E-state index is -1.05. The second-order valence-corrected chi connectivity index (χ2v) is 5.86. The third kappa shape index (κ3) is 4.14. The Morgan fingerprint density at radius 2 is 1.85 bits per heavy atom. The zero-order valence-corrected chi connectivity index (χ0v) is 14.8. The predicted octanol–water partition coefficient (Wildman–Crippen LogP) is 2.72. The van der Waals surface area contributed by atoms with Crippen molar-refractivity contribution >= 4 is 28.5 Å². The fourth-order valence-electron chi connectivity index (χ4n) is 2.60. The van der Waals surface area contributed by atoms with Crippen molar-refractivity contribution in [2.45, 2.75) is 13.0 Å². The molecule has 0 radical (unpaired) electrons. The number of methoxy groups -OCH3 is 1. The van der Waals surface area contributed by atoms with Gasteiger partial charge in [-0.25, -0.2) is 4.79 Å². The van der Waals surface area contributed by atoms with Gasteiger partial charge in [-0.3, -0.25) is 9.59 Å². The molecule has 2 aromatic carbocycles. The highest BCUT2D eigenvalue weighted by molar-refractivity contribution is 6.04. The molecule has 7 nitrogen and oxygen atoms in total. The number of hydrogen-bond acceptors (Lipinski definition) is 5. The lowest BCUT2D eigenvalue weighted by Crippen LogP contribution is -2.30. The van der Waals surface area contributed by atoms with Crippen LogP contribution >= 0.6 is 0 Å². The highest BCUT2D eigenvalue weighted by Gasteiger charge is 2.21. The van der Waals surface area contributed by atoms with E-state index >= 15 is 0 Å². The summed E-state index contributed by atoms with van der Waals surface area (Å²) in [6, 6.07) is 14.9. The van der Waals surface area contributed by atoms with Crippen molar-refractivity contribution in [2.24, 2.45) is 0 Å². The summed E-state index contributed by atoms with van der Waals surface area (Å²) < 4.78 is 10.4. The van der Waals surface area contributed by atoms with Gasteiger partial charge in [0.05, 0.1) is 12.7 Å². The summed E-state index contributed by atoms with van der Waals surface area (Å²) in [6.07, 6.45) is -1.05. The molecular formula is C20H18N2O5. The largest absolute Gasteiger partial charge is 0.497 e. The minimum Gasteiger partial charge on any atom is -0.497 e. The van der Waals surface area contributed by atoms with Crippen LogP contribution in [0.2, 0.25) is 0 Å². The Morgan fingerprint density at radius 1 is 1.07 bits per heavy atom. The molecule has 138 valence electrons. The lowest BCUT2D eigenvalue weighted by Gasteiger charge is -2.14. The van der Waals surface area contributed by atoms with Gasteiger partial charge in [-0.2, -0.15) is 0 Å². The maximum Gasteiger partial charge on any atom is 0.339 e. The van der Waals surface area contributed by atoms with Crippen LogP contribution in [0, 0.1) is 0 Å². The number of carbonyl (C=O) groups is 2. The predicted molar refractivity (Wildman–Crippen MR) is 101 cm³/mol. The first-order chi connectivity index (χ1) is 13.0. The number of amides is 1. The molecule has 3 aromatic rings. The second-order valence-electron chi connectivity index (χ2n) is 5.86. The first-order valence-corrected chi connectivity index (χ1v) is 8.26. The third-order valence-corrected chi connectivity index (χ3v) is 3.96. The number of hydrogen-bond donors (Lipinski definition) is 2. The molecule has 2 N–H and O–H groups in total. The molecule has 0 aliphatic heterocycles. The van der Waals surface area contributed by atoms with Crippen molar-refractivity contribution in [3.8, 4) is 5.75 Å². The second kappa shape index (κ2) is 7.74. The number of pyridine rings is 1. The molecule has 1 amide bonds. The van der Waals surface area contributed by atoms with E-state index in [2.05, 4.69) is 10.3 Å². The van der Waals surface area contributed by atoms with E-state index in [9.17, 15) is 14.4 Å². The molecule has 1 aromatic heterocycles. The van der Waals surface area contributed by atoms with Crippen LogP contribution in [0.25, 0.3) is 10.9 Å². The topological polar surface area (TPSA) is 97.5 Å². The maximum atomic E-state index is 12.5. The van der Waals surface area contributed by atoms with E-state index in [1.807, 2.05) is 0 Å². The molecule has 7 heteroatoms. The van der Waals surface area contributed by atoms with Crippen LogP contribution in [0.4, 0.5) is 5.69 Å². The van der Waals surface area contributed by atoms with E-state index < -0.39 is 23.5 Å². The van der Waals surface area contributed by atoms with Gasteiger partial charge in [0.2, 0.25) is 5.56 Å². The number of H-pyrrole nitrogens is 1. The summed E-state index contributed by atoms with van der Waals surface area (Å²) in [5.74, 6) is -0.649. The fraction of sp³-hybridized carbons (Fsp3) is 0.150. The number of ether oxygens (including phenoxy) is 2. The molecule has 1 atom stereocenters. The number of fused-ring (bicyclic) bond motifs is 1. The molecule has 1 heterocycles. The van der Waals surface area contributed by atoms with E-state index in [1.165, 1.54) is 14.0 Å². The normalized spacial score (nSPS) is 11.6. The Labute approximate surface area is 154 Å². The summed E-state index contributed by atoms with van der Waals surface area (Å²) in [7, 11) is 1.53. The Bertz CT molecular complexity index is 1060. The standard InChI is InChI=1S/C20H18N2O5/c1-12(19(24)21-13-6-5-7-14(10-13)26-2)27-20(25)16-11-18(23)22-17-9-4-3-8-15(16)17/h3-12H,1-2H3,(H,21,24)(H,22,23)/t12-/m0/s1. The smallest absolute Gasteiger partial charge is 0.339 e. The highest BCUT2D eigenvalue weighted by Crippen LogP contribution is 2.18. The van der Waals surface area contributed by atoms with Crippen LogP contribution in [-0.4, -0.2) is 30.1 Å². The SMILES string of the molecule is COc1cccc(NC(=O)[C@H](C)OC(=O)c2cc(=O)[nH]c3ccccc23)c1. The molecule has 0 fully saturated rings. The van der Waals surface area contributed by atoms with E-state index in [0.717, 1.165) is 6.07 Å². The van der Waals surface area contributed by atoms with Crippen molar-refractivity contribution < 1.29 is 19.1 Å². The number of rotatable bonds is 5. The molecule has 0 saturated heterocycles. The molecule has 0 saturated carbocycles. The number of para-hydroxylation sites is 1. The zero-order chi connectivity index (χ0) is 19.4. The van der Waals surface area contributed by atoms with Crippen LogP contribution < -0.4 is 15.6 Å². The van der Waals surface area contributed by atoms with E-state index in [-0.39, 0.29) is 5.56 Å². The van der Waals surface area contributed by atoms with E-state index in [4.69, 9.17) is 9.47 Å². The van der Waals surface area contributed by atoms with Gasteiger partial charge in [0.25, 0.3) is 5.91 Å². The summed E-state index contributed by atoms with van der Waals surface area (Å²) in [5.41, 5.74) is 0.721. The average molecular weight is 366 g/mol. The van der Waals surface area contributed by atoms with Crippen LogP contribution in [0.15, 0.2) is 59.4 Å². The lowest BCUT2D eigenvalue weighted by molar-refractivity contribution is -0.123. The molecular weight excluding hydrogens is 348 g/mol.